The normalized spacial score (nSPS) is 19.3. The van der Waals surface area contributed by atoms with Crippen LogP contribution in [-0.4, -0.2) is 49.6 Å². The van der Waals surface area contributed by atoms with Gasteiger partial charge in [0.15, 0.2) is 0 Å². The van der Waals surface area contributed by atoms with Crippen molar-refractivity contribution < 1.29 is 19.4 Å². The van der Waals surface area contributed by atoms with E-state index in [1.54, 1.807) is 7.05 Å². The zero-order valence-corrected chi connectivity index (χ0v) is 10.9. The van der Waals surface area contributed by atoms with Crippen molar-refractivity contribution >= 4 is 5.97 Å². The van der Waals surface area contributed by atoms with Gasteiger partial charge in [0.2, 0.25) is 0 Å². The Morgan fingerprint density at radius 2 is 2.12 bits per heavy atom. The summed E-state index contributed by atoms with van der Waals surface area (Å²) in [6, 6.07) is 0. The third kappa shape index (κ3) is 3.94. The van der Waals surface area contributed by atoms with Gasteiger partial charge in [0.05, 0.1) is 25.9 Å². The summed E-state index contributed by atoms with van der Waals surface area (Å²) in [5.74, 6) is -0.636. The number of carboxylic acid groups (broad SMARTS) is 1. The lowest BCUT2D eigenvalue weighted by Crippen LogP contribution is -2.56. The van der Waals surface area contributed by atoms with Crippen LogP contribution in [0.3, 0.4) is 0 Å². The van der Waals surface area contributed by atoms with E-state index < -0.39 is 11.5 Å². The molecule has 1 aliphatic rings. The first kappa shape index (κ1) is 14.4. The lowest BCUT2D eigenvalue weighted by molar-refractivity contribution is -0.149. The molecule has 5 nitrogen and oxygen atoms in total. The Morgan fingerprint density at radius 1 is 1.47 bits per heavy atom. The summed E-state index contributed by atoms with van der Waals surface area (Å²) >= 11 is 0. The van der Waals surface area contributed by atoms with Gasteiger partial charge in [-0.05, 0) is 39.7 Å². The van der Waals surface area contributed by atoms with Crippen LogP contribution in [0.1, 0.15) is 26.7 Å². The third-order valence-electron chi connectivity index (χ3n) is 3.11. The van der Waals surface area contributed by atoms with Crippen molar-refractivity contribution in [3.8, 4) is 0 Å². The first-order valence-corrected chi connectivity index (χ1v) is 6.14. The highest BCUT2D eigenvalue weighted by molar-refractivity contribution is 5.80. The van der Waals surface area contributed by atoms with Crippen molar-refractivity contribution in [2.24, 2.45) is 5.92 Å². The Labute approximate surface area is 102 Å². The molecule has 0 radical (unpaired) electrons. The van der Waals surface area contributed by atoms with E-state index in [9.17, 15) is 9.90 Å². The van der Waals surface area contributed by atoms with Gasteiger partial charge < -0.3 is 19.9 Å². The van der Waals surface area contributed by atoms with Gasteiger partial charge in [0.25, 0.3) is 0 Å². The third-order valence-corrected chi connectivity index (χ3v) is 3.11. The van der Waals surface area contributed by atoms with Crippen LogP contribution in [0.5, 0.6) is 0 Å². The fraction of sp³-hybridized carbons (Fsp3) is 0.917. The van der Waals surface area contributed by atoms with Crippen LogP contribution < -0.4 is 5.32 Å². The molecule has 0 heterocycles. The zero-order valence-electron chi connectivity index (χ0n) is 10.9. The summed E-state index contributed by atoms with van der Waals surface area (Å²) in [6.45, 7) is 5.05. The van der Waals surface area contributed by atoms with Gasteiger partial charge in [0, 0.05) is 0 Å². The van der Waals surface area contributed by atoms with Gasteiger partial charge in [-0.3, -0.25) is 4.79 Å². The van der Waals surface area contributed by atoms with Crippen molar-refractivity contribution in [2.75, 3.05) is 26.9 Å². The quantitative estimate of drug-likeness (QED) is 0.590. The van der Waals surface area contributed by atoms with E-state index in [0.29, 0.717) is 13.2 Å². The molecule has 2 N–H and O–H groups in total. The predicted octanol–water partition coefficient (Wildman–Crippen LogP) is 0.881. The minimum atomic E-state index is -0.919. The molecule has 0 aromatic rings. The van der Waals surface area contributed by atoms with Crippen molar-refractivity contribution in [3.63, 3.8) is 0 Å². The van der Waals surface area contributed by atoms with E-state index in [0.717, 1.165) is 12.8 Å². The first-order chi connectivity index (χ1) is 8.03. The zero-order chi connectivity index (χ0) is 12.9. The number of carboxylic acids is 1. The monoisotopic (exact) mass is 245 g/mol. The van der Waals surface area contributed by atoms with E-state index in [1.165, 1.54) is 0 Å². The number of rotatable bonds is 9. The number of likely N-dealkylation sites (N-methyl/N-ethyl adjacent to an activating group) is 1. The Kier molecular flexibility index (Phi) is 5.36. The molecule has 1 saturated carbocycles. The highest BCUT2D eigenvalue weighted by atomic mass is 16.5. The van der Waals surface area contributed by atoms with E-state index in [1.807, 2.05) is 13.8 Å². The van der Waals surface area contributed by atoms with Crippen LogP contribution >= 0.6 is 0 Å². The average Bonchev–Trinajstić information content (AvgIpc) is 3.07. The average molecular weight is 245 g/mol. The fourth-order valence-electron chi connectivity index (χ4n) is 1.89. The van der Waals surface area contributed by atoms with Crippen LogP contribution in [0.15, 0.2) is 0 Å². The number of aliphatic carboxylic acids is 1. The van der Waals surface area contributed by atoms with E-state index >= 15 is 0 Å². The first-order valence-electron chi connectivity index (χ1n) is 6.14. The Bertz CT molecular complexity index is 253. The highest BCUT2D eigenvalue weighted by Gasteiger charge is 2.50. The number of hydrogen-bond donors (Lipinski definition) is 2. The summed E-state index contributed by atoms with van der Waals surface area (Å²) in [5.41, 5.74) is -0.919. The van der Waals surface area contributed by atoms with Crippen molar-refractivity contribution in [3.05, 3.63) is 0 Å². The maximum absolute atomic E-state index is 11.3. The minimum absolute atomic E-state index is 0.176. The molecule has 0 spiro atoms. The Hall–Kier alpha value is -0.650. The molecule has 1 rings (SSSR count). The highest BCUT2D eigenvalue weighted by Crippen LogP contribution is 2.40. The molecule has 0 saturated heterocycles. The molecule has 5 heteroatoms. The summed E-state index contributed by atoms with van der Waals surface area (Å²) in [6.07, 6.45) is 2.09. The van der Waals surface area contributed by atoms with Crippen molar-refractivity contribution in [1.29, 1.82) is 0 Å². The fourth-order valence-corrected chi connectivity index (χ4v) is 1.89. The summed E-state index contributed by atoms with van der Waals surface area (Å²) in [7, 11) is 1.68. The SMILES string of the molecule is CNC(COCCOC(C)C)(C(=O)O)C1CC1. The van der Waals surface area contributed by atoms with Gasteiger partial charge in [-0.1, -0.05) is 0 Å². The lowest BCUT2D eigenvalue weighted by atomic mass is 9.95. The minimum Gasteiger partial charge on any atom is -0.480 e. The number of hydrogen-bond acceptors (Lipinski definition) is 4. The molecular weight excluding hydrogens is 222 g/mol. The lowest BCUT2D eigenvalue weighted by Gasteiger charge is -2.28. The van der Waals surface area contributed by atoms with Crippen LogP contribution in [0.4, 0.5) is 0 Å². The molecule has 1 atom stereocenters. The second-order valence-electron chi connectivity index (χ2n) is 4.77. The molecule has 17 heavy (non-hydrogen) atoms. The molecule has 1 fully saturated rings. The standard InChI is InChI=1S/C12H23NO4/c1-9(2)17-7-6-16-8-12(13-3,11(14)15)10-4-5-10/h9-10,13H,4-8H2,1-3H3,(H,14,15). The second-order valence-corrected chi connectivity index (χ2v) is 4.77. The van der Waals surface area contributed by atoms with Crippen molar-refractivity contribution in [1.82, 2.24) is 5.32 Å². The maximum atomic E-state index is 11.3. The molecule has 0 aliphatic heterocycles. The topological polar surface area (TPSA) is 67.8 Å². The van der Waals surface area contributed by atoms with Gasteiger partial charge in [-0.2, -0.15) is 0 Å². The number of nitrogens with one attached hydrogen (secondary N) is 1. The van der Waals surface area contributed by atoms with E-state index in [-0.39, 0.29) is 18.6 Å². The van der Waals surface area contributed by atoms with Gasteiger partial charge in [-0.25, -0.2) is 0 Å². The largest absolute Gasteiger partial charge is 0.480 e. The molecule has 0 aromatic heterocycles. The molecule has 1 aliphatic carbocycles. The summed E-state index contributed by atoms with van der Waals surface area (Å²) in [5, 5.41) is 12.2. The van der Waals surface area contributed by atoms with Crippen molar-refractivity contribution in [2.45, 2.75) is 38.3 Å². The number of carbonyl (C=O) groups is 1. The van der Waals surface area contributed by atoms with E-state index in [2.05, 4.69) is 5.32 Å². The summed E-state index contributed by atoms with van der Waals surface area (Å²) < 4.78 is 10.8. The van der Waals surface area contributed by atoms with Gasteiger partial charge in [0.1, 0.15) is 5.54 Å². The summed E-state index contributed by atoms with van der Waals surface area (Å²) in [4.78, 5) is 11.3. The molecule has 1 unspecified atom stereocenters. The van der Waals surface area contributed by atoms with E-state index in [4.69, 9.17) is 9.47 Å². The molecule has 0 amide bonds. The van der Waals surface area contributed by atoms with Gasteiger partial charge >= 0.3 is 5.97 Å². The number of ether oxygens (including phenoxy) is 2. The van der Waals surface area contributed by atoms with Crippen LogP contribution in [0.2, 0.25) is 0 Å². The van der Waals surface area contributed by atoms with Gasteiger partial charge in [-0.15, -0.1) is 0 Å². The Balaban J connectivity index is 2.32. The molecule has 0 bridgehead atoms. The van der Waals surface area contributed by atoms with Crippen LogP contribution in [0.25, 0.3) is 0 Å². The predicted molar refractivity (Wildman–Crippen MR) is 64.1 cm³/mol. The molecular formula is C12H23NO4. The molecule has 100 valence electrons. The maximum Gasteiger partial charge on any atom is 0.326 e. The second kappa shape index (κ2) is 6.33. The molecule has 0 aromatic carbocycles. The smallest absolute Gasteiger partial charge is 0.326 e. The van der Waals surface area contributed by atoms with Crippen LogP contribution in [-0.2, 0) is 14.3 Å². The van der Waals surface area contributed by atoms with Crippen LogP contribution in [0, 0.1) is 5.92 Å². The Morgan fingerprint density at radius 3 is 2.53 bits per heavy atom.